The average Bonchev–Trinajstić information content (AvgIpc) is 2.14. The highest BCUT2D eigenvalue weighted by Crippen LogP contribution is 2.19. The summed E-state index contributed by atoms with van der Waals surface area (Å²) in [5.74, 6) is 0. The van der Waals surface area contributed by atoms with E-state index in [2.05, 4.69) is 0 Å². The third-order valence-electron chi connectivity index (χ3n) is 1.76. The van der Waals surface area contributed by atoms with Crippen LogP contribution in [-0.2, 0) is 4.74 Å². The van der Waals surface area contributed by atoms with Crippen molar-refractivity contribution in [1.82, 2.24) is 5.73 Å². The highest BCUT2D eigenvalue weighted by atomic mass is 16.5. The van der Waals surface area contributed by atoms with E-state index >= 15 is 0 Å². The Bertz CT molecular complexity index is 74.9. The fourth-order valence-electron chi connectivity index (χ4n) is 1.21. The van der Waals surface area contributed by atoms with E-state index in [0.717, 1.165) is 12.8 Å². The molecule has 0 amide bonds. The largest absolute Gasteiger partial charge is 0.380 e. The van der Waals surface area contributed by atoms with Crippen LogP contribution in [0.4, 0.5) is 0 Å². The lowest BCUT2D eigenvalue weighted by Crippen LogP contribution is -2.22. The zero-order valence-corrected chi connectivity index (χ0v) is 5.18. The molecule has 1 N–H and O–H groups in total. The zero-order valence-electron chi connectivity index (χ0n) is 5.18. The molecular formula is C6H12NO. The topological polar surface area (TPSA) is 33.0 Å². The standard InChI is InChI=1S/C6H12NO/c1-8-6-4-2-3-5(6)7/h5-7H,2-4H2,1H3. The van der Waals surface area contributed by atoms with Crippen LogP contribution < -0.4 is 5.73 Å². The molecule has 47 valence electrons. The third-order valence-corrected chi connectivity index (χ3v) is 1.76. The fourth-order valence-corrected chi connectivity index (χ4v) is 1.21. The first kappa shape index (κ1) is 6.05. The quantitative estimate of drug-likeness (QED) is 0.497. The Kier molecular flexibility index (Phi) is 1.86. The number of rotatable bonds is 1. The van der Waals surface area contributed by atoms with Crippen molar-refractivity contribution in [1.29, 1.82) is 0 Å². The maximum absolute atomic E-state index is 7.36. The predicted molar refractivity (Wildman–Crippen MR) is 31.5 cm³/mol. The van der Waals surface area contributed by atoms with Crippen LogP contribution in [0, 0.1) is 0 Å². The molecule has 0 aromatic heterocycles. The zero-order chi connectivity index (χ0) is 5.98. The molecule has 0 aromatic rings. The van der Waals surface area contributed by atoms with E-state index in [1.54, 1.807) is 7.11 Å². The normalized spacial score (nSPS) is 38.2. The van der Waals surface area contributed by atoms with Crippen molar-refractivity contribution in [2.75, 3.05) is 7.11 Å². The summed E-state index contributed by atoms with van der Waals surface area (Å²) in [5, 5.41) is 0. The Morgan fingerprint density at radius 1 is 1.50 bits per heavy atom. The fraction of sp³-hybridized carbons (Fsp3) is 1.00. The third kappa shape index (κ3) is 1.01. The van der Waals surface area contributed by atoms with Crippen molar-refractivity contribution in [3.8, 4) is 0 Å². The summed E-state index contributed by atoms with van der Waals surface area (Å²) in [6.07, 6.45) is 3.52. The Hall–Kier alpha value is -0.0800. The lowest BCUT2D eigenvalue weighted by molar-refractivity contribution is 0.0942. The summed E-state index contributed by atoms with van der Waals surface area (Å²) in [6, 6.07) is 0.0556. The molecule has 0 aliphatic heterocycles. The highest BCUT2D eigenvalue weighted by molar-refractivity contribution is 4.79. The van der Waals surface area contributed by atoms with Gasteiger partial charge in [0.25, 0.3) is 0 Å². The number of nitrogens with one attached hydrogen (secondary N) is 1. The Morgan fingerprint density at radius 3 is 2.50 bits per heavy atom. The molecule has 0 saturated heterocycles. The summed E-state index contributed by atoms with van der Waals surface area (Å²) >= 11 is 0. The Balaban J connectivity index is 2.30. The second-order valence-corrected chi connectivity index (χ2v) is 2.31. The second kappa shape index (κ2) is 2.46. The lowest BCUT2D eigenvalue weighted by atomic mass is 10.2. The smallest absolute Gasteiger partial charge is 0.0737 e. The molecule has 1 radical (unpaired) electrons. The molecule has 8 heavy (non-hydrogen) atoms. The first-order valence-corrected chi connectivity index (χ1v) is 3.08. The van der Waals surface area contributed by atoms with Gasteiger partial charge < -0.3 is 4.74 Å². The minimum Gasteiger partial charge on any atom is -0.380 e. The highest BCUT2D eigenvalue weighted by Gasteiger charge is 2.23. The van der Waals surface area contributed by atoms with E-state index in [4.69, 9.17) is 10.5 Å². The summed E-state index contributed by atoms with van der Waals surface area (Å²) in [6.45, 7) is 0. The van der Waals surface area contributed by atoms with E-state index in [0.29, 0.717) is 0 Å². The molecule has 0 heterocycles. The van der Waals surface area contributed by atoms with E-state index in [1.165, 1.54) is 6.42 Å². The average molecular weight is 114 g/mol. The first-order valence-electron chi connectivity index (χ1n) is 3.08. The van der Waals surface area contributed by atoms with Gasteiger partial charge in [0.1, 0.15) is 0 Å². The molecule has 2 unspecified atom stereocenters. The van der Waals surface area contributed by atoms with Gasteiger partial charge in [0.15, 0.2) is 0 Å². The maximum Gasteiger partial charge on any atom is 0.0737 e. The van der Waals surface area contributed by atoms with Crippen LogP contribution in [0.3, 0.4) is 0 Å². The van der Waals surface area contributed by atoms with Crippen LogP contribution in [0.15, 0.2) is 0 Å². The van der Waals surface area contributed by atoms with Crippen molar-refractivity contribution < 1.29 is 4.74 Å². The molecule has 0 spiro atoms. The van der Waals surface area contributed by atoms with Crippen molar-refractivity contribution >= 4 is 0 Å². The van der Waals surface area contributed by atoms with Gasteiger partial charge >= 0.3 is 0 Å². The van der Waals surface area contributed by atoms with E-state index in [1.807, 2.05) is 0 Å². The van der Waals surface area contributed by atoms with Gasteiger partial charge in [-0.25, -0.2) is 0 Å². The number of ether oxygens (including phenoxy) is 1. The molecule has 2 heteroatoms. The van der Waals surface area contributed by atoms with Gasteiger partial charge in [-0.15, -0.1) is 0 Å². The van der Waals surface area contributed by atoms with Gasteiger partial charge in [-0.05, 0) is 19.3 Å². The van der Waals surface area contributed by atoms with Crippen molar-refractivity contribution in [3.05, 3.63) is 0 Å². The summed E-state index contributed by atoms with van der Waals surface area (Å²) in [4.78, 5) is 0. The van der Waals surface area contributed by atoms with Gasteiger partial charge in [-0.2, -0.15) is 0 Å². The van der Waals surface area contributed by atoms with Crippen LogP contribution in [-0.4, -0.2) is 19.3 Å². The molecule has 2 atom stereocenters. The molecule has 0 aromatic carbocycles. The minimum atomic E-state index is 0.0556. The van der Waals surface area contributed by atoms with Crippen LogP contribution >= 0.6 is 0 Å². The molecular weight excluding hydrogens is 102 g/mol. The van der Waals surface area contributed by atoms with E-state index < -0.39 is 0 Å². The maximum atomic E-state index is 7.36. The lowest BCUT2D eigenvalue weighted by Gasteiger charge is -2.10. The predicted octanol–water partition coefficient (Wildman–Crippen LogP) is 0.837. The molecule has 1 aliphatic carbocycles. The monoisotopic (exact) mass is 114 g/mol. The summed E-state index contributed by atoms with van der Waals surface area (Å²) < 4.78 is 5.04. The number of hydrogen-bond acceptors (Lipinski definition) is 1. The van der Waals surface area contributed by atoms with Crippen molar-refractivity contribution in [3.63, 3.8) is 0 Å². The SMILES string of the molecule is COC1CCCC1[NH]. The van der Waals surface area contributed by atoms with E-state index in [9.17, 15) is 0 Å². The molecule has 1 aliphatic rings. The van der Waals surface area contributed by atoms with Gasteiger partial charge in [0.2, 0.25) is 0 Å². The van der Waals surface area contributed by atoms with Gasteiger partial charge in [0, 0.05) is 13.2 Å². The molecule has 2 nitrogen and oxygen atoms in total. The summed E-state index contributed by atoms with van der Waals surface area (Å²) in [5.41, 5.74) is 7.36. The Morgan fingerprint density at radius 2 is 2.25 bits per heavy atom. The van der Waals surface area contributed by atoms with Crippen molar-refractivity contribution in [2.45, 2.75) is 31.4 Å². The molecule has 1 rings (SSSR count). The van der Waals surface area contributed by atoms with Crippen molar-refractivity contribution in [2.24, 2.45) is 0 Å². The number of methoxy groups -OCH3 is 1. The molecule has 0 bridgehead atoms. The van der Waals surface area contributed by atoms with Crippen LogP contribution in [0.25, 0.3) is 0 Å². The van der Waals surface area contributed by atoms with E-state index in [-0.39, 0.29) is 12.1 Å². The Labute approximate surface area is 50.0 Å². The van der Waals surface area contributed by atoms with Crippen LogP contribution in [0.5, 0.6) is 0 Å². The first-order chi connectivity index (χ1) is 3.84. The van der Waals surface area contributed by atoms with Gasteiger partial charge in [0.05, 0.1) is 6.10 Å². The molecule has 1 fully saturated rings. The minimum absolute atomic E-state index is 0.0556. The van der Waals surface area contributed by atoms with Gasteiger partial charge in [-0.1, -0.05) is 0 Å². The summed E-state index contributed by atoms with van der Waals surface area (Å²) in [7, 11) is 1.69. The van der Waals surface area contributed by atoms with Crippen LogP contribution in [0.2, 0.25) is 0 Å². The van der Waals surface area contributed by atoms with Gasteiger partial charge in [-0.3, -0.25) is 5.73 Å². The second-order valence-electron chi connectivity index (χ2n) is 2.31. The molecule has 1 saturated carbocycles. The van der Waals surface area contributed by atoms with Crippen LogP contribution in [0.1, 0.15) is 19.3 Å². The number of hydrogen-bond donors (Lipinski definition) is 0.